The molecule has 1 saturated heterocycles. The van der Waals surface area contributed by atoms with Crippen molar-refractivity contribution in [1.29, 1.82) is 0 Å². The van der Waals surface area contributed by atoms with E-state index in [1.54, 1.807) is 6.08 Å². The number of hydrogen-bond acceptors (Lipinski definition) is 3. The number of likely N-dealkylation sites (tertiary alicyclic amines) is 1. The standard InChI is InChI=1S/C22H29NO4/c1-2-11-27-20-10-6-5-7-16(20)12-19(22(25)26)13-21(24)23-14-17-8-3-4-9-18(17)15-23/h5-7,10,12,17-18H,2-4,8-9,11,13-15H2,1H3,(H,25,26). The van der Waals surface area contributed by atoms with Gasteiger partial charge in [-0.25, -0.2) is 4.79 Å². The largest absolute Gasteiger partial charge is 0.493 e. The summed E-state index contributed by atoms with van der Waals surface area (Å²) in [7, 11) is 0. The molecule has 2 atom stereocenters. The Kier molecular flexibility index (Phi) is 6.54. The molecule has 1 N–H and O–H groups in total. The van der Waals surface area contributed by atoms with Gasteiger partial charge in [0.05, 0.1) is 13.0 Å². The van der Waals surface area contributed by atoms with Crippen molar-refractivity contribution in [2.45, 2.75) is 45.4 Å². The lowest BCUT2D eigenvalue weighted by atomic mass is 9.82. The summed E-state index contributed by atoms with van der Waals surface area (Å²) in [5, 5.41) is 9.62. The molecule has 2 fully saturated rings. The molecule has 146 valence electrons. The maximum atomic E-state index is 12.7. The van der Waals surface area contributed by atoms with Crippen LogP contribution < -0.4 is 4.74 Å². The molecule has 1 aliphatic carbocycles. The van der Waals surface area contributed by atoms with Gasteiger partial charge in [0.1, 0.15) is 5.75 Å². The summed E-state index contributed by atoms with van der Waals surface area (Å²) in [6, 6.07) is 7.35. The van der Waals surface area contributed by atoms with Crippen LogP contribution in [0.15, 0.2) is 29.8 Å². The number of carboxylic acid groups (broad SMARTS) is 1. The van der Waals surface area contributed by atoms with Crippen molar-refractivity contribution in [3.05, 3.63) is 35.4 Å². The summed E-state index contributed by atoms with van der Waals surface area (Å²) in [5.74, 6) is 0.722. The molecule has 0 bridgehead atoms. The van der Waals surface area contributed by atoms with Crippen LogP contribution in [0.5, 0.6) is 5.75 Å². The Morgan fingerprint density at radius 1 is 1.19 bits per heavy atom. The molecule has 5 nitrogen and oxygen atoms in total. The summed E-state index contributed by atoms with van der Waals surface area (Å²) < 4.78 is 5.70. The van der Waals surface area contributed by atoms with Crippen molar-refractivity contribution in [3.63, 3.8) is 0 Å². The summed E-state index contributed by atoms with van der Waals surface area (Å²) >= 11 is 0. The van der Waals surface area contributed by atoms with Gasteiger partial charge in [-0.2, -0.15) is 0 Å². The van der Waals surface area contributed by atoms with E-state index in [1.807, 2.05) is 36.1 Å². The number of carbonyl (C=O) groups is 2. The first-order valence-corrected chi connectivity index (χ1v) is 10.0. The first kappa shape index (κ1) is 19.5. The zero-order chi connectivity index (χ0) is 19.2. The minimum Gasteiger partial charge on any atom is -0.493 e. The third kappa shape index (κ3) is 4.90. The van der Waals surface area contributed by atoms with Crippen molar-refractivity contribution < 1.29 is 19.4 Å². The Labute approximate surface area is 161 Å². The SMILES string of the molecule is CCCOc1ccccc1C=C(CC(=O)N1CC2CCCCC2C1)C(=O)O. The number of rotatable bonds is 7. The summed E-state index contributed by atoms with van der Waals surface area (Å²) in [6.07, 6.45) is 7.26. The van der Waals surface area contributed by atoms with Crippen LogP contribution in [0.3, 0.4) is 0 Å². The van der Waals surface area contributed by atoms with Crippen molar-refractivity contribution >= 4 is 18.0 Å². The molecule has 1 amide bonds. The van der Waals surface area contributed by atoms with Crippen LogP contribution in [0.4, 0.5) is 0 Å². The predicted molar refractivity (Wildman–Crippen MR) is 104 cm³/mol. The fourth-order valence-corrected chi connectivity index (χ4v) is 4.20. The molecule has 3 rings (SSSR count). The van der Waals surface area contributed by atoms with Crippen LogP contribution in [-0.2, 0) is 9.59 Å². The number of amides is 1. The Hall–Kier alpha value is -2.30. The van der Waals surface area contributed by atoms with Crippen LogP contribution >= 0.6 is 0 Å². The van der Waals surface area contributed by atoms with Crippen LogP contribution in [0.1, 0.15) is 51.0 Å². The highest BCUT2D eigenvalue weighted by Gasteiger charge is 2.36. The van der Waals surface area contributed by atoms with Gasteiger partial charge in [0.15, 0.2) is 0 Å². The molecular formula is C22H29NO4. The van der Waals surface area contributed by atoms with E-state index >= 15 is 0 Å². The lowest BCUT2D eigenvalue weighted by molar-refractivity contribution is -0.136. The summed E-state index contributed by atoms with van der Waals surface area (Å²) in [4.78, 5) is 26.4. The quantitative estimate of drug-likeness (QED) is 0.736. The monoisotopic (exact) mass is 371 g/mol. The van der Waals surface area contributed by atoms with E-state index in [0.717, 1.165) is 19.5 Å². The first-order valence-electron chi connectivity index (χ1n) is 10.0. The fraction of sp³-hybridized carbons (Fsp3) is 0.545. The van der Waals surface area contributed by atoms with Gasteiger partial charge in [-0.15, -0.1) is 0 Å². The van der Waals surface area contributed by atoms with Crippen LogP contribution in [-0.4, -0.2) is 41.6 Å². The van der Waals surface area contributed by atoms with Gasteiger partial charge in [-0.1, -0.05) is 38.0 Å². The van der Waals surface area contributed by atoms with Gasteiger partial charge in [-0.3, -0.25) is 4.79 Å². The lowest BCUT2D eigenvalue weighted by Gasteiger charge is -2.22. The zero-order valence-corrected chi connectivity index (χ0v) is 16.0. The van der Waals surface area contributed by atoms with Crippen molar-refractivity contribution in [3.8, 4) is 5.75 Å². The van der Waals surface area contributed by atoms with E-state index in [0.29, 0.717) is 29.8 Å². The maximum absolute atomic E-state index is 12.7. The van der Waals surface area contributed by atoms with E-state index in [2.05, 4.69) is 0 Å². The number of ether oxygens (including phenoxy) is 1. The number of carbonyl (C=O) groups excluding carboxylic acids is 1. The molecule has 1 heterocycles. The van der Waals surface area contributed by atoms with Crippen molar-refractivity contribution in [2.24, 2.45) is 11.8 Å². The Morgan fingerprint density at radius 2 is 1.85 bits per heavy atom. The molecule has 1 aromatic carbocycles. The van der Waals surface area contributed by atoms with Gasteiger partial charge in [0.25, 0.3) is 0 Å². The molecule has 0 radical (unpaired) electrons. The maximum Gasteiger partial charge on any atom is 0.332 e. The second kappa shape index (κ2) is 9.07. The van der Waals surface area contributed by atoms with Crippen LogP contribution in [0.25, 0.3) is 6.08 Å². The van der Waals surface area contributed by atoms with E-state index in [4.69, 9.17) is 4.74 Å². The van der Waals surface area contributed by atoms with Crippen molar-refractivity contribution in [1.82, 2.24) is 4.90 Å². The molecule has 5 heteroatoms. The smallest absolute Gasteiger partial charge is 0.332 e. The second-order valence-electron chi connectivity index (χ2n) is 7.64. The number of hydrogen-bond donors (Lipinski definition) is 1. The van der Waals surface area contributed by atoms with Gasteiger partial charge >= 0.3 is 5.97 Å². The number of nitrogens with zero attached hydrogens (tertiary/aromatic N) is 1. The fourth-order valence-electron chi connectivity index (χ4n) is 4.20. The first-order chi connectivity index (χ1) is 13.1. The zero-order valence-electron chi connectivity index (χ0n) is 16.0. The summed E-state index contributed by atoms with van der Waals surface area (Å²) in [6.45, 7) is 4.16. The summed E-state index contributed by atoms with van der Waals surface area (Å²) in [5.41, 5.74) is 0.814. The Balaban J connectivity index is 1.72. The minimum atomic E-state index is -1.05. The number of carboxylic acids is 1. The highest BCUT2D eigenvalue weighted by molar-refractivity contribution is 5.98. The molecule has 27 heavy (non-hydrogen) atoms. The van der Waals surface area contributed by atoms with E-state index in [-0.39, 0.29) is 17.9 Å². The lowest BCUT2D eigenvalue weighted by Crippen LogP contribution is -2.29. The third-order valence-electron chi connectivity index (χ3n) is 5.66. The van der Waals surface area contributed by atoms with Gasteiger partial charge in [0, 0.05) is 24.2 Å². The highest BCUT2D eigenvalue weighted by atomic mass is 16.5. The number of fused-ring (bicyclic) bond motifs is 1. The molecule has 0 aromatic heterocycles. The Morgan fingerprint density at radius 3 is 2.48 bits per heavy atom. The molecule has 2 unspecified atom stereocenters. The van der Waals surface area contributed by atoms with E-state index in [9.17, 15) is 14.7 Å². The van der Waals surface area contributed by atoms with E-state index in [1.165, 1.54) is 25.7 Å². The highest BCUT2D eigenvalue weighted by Crippen LogP contribution is 2.36. The molecular weight excluding hydrogens is 342 g/mol. The molecule has 1 aliphatic heterocycles. The van der Waals surface area contributed by atoms with Gasteiger partial charge in [0.2, 0.25) is 5.91 Å². The van der Waals surface area contributed by atoms with Gasteiger partial charge in [-0.05, 0) is 43.2 Å². The molecule has 1 saturated carbocycles. The van der Waals surface area contributed by atoms with E-state index < -0.39 is 5.97 Å². The minimum absolute atomic E-state index is 0.0725. The third-order valence-corrected chi connectivity index (χ3v) is 5.66. The Bertz CT molecular complexity index is 698. The van der Waals surface area contributed by atoms with Crippen LogP contribution in [0.2, 0.25) is 0 Å². The molecule has 0 spiro atoms. The van der Waals surface area contributed by atoms with Gasteiger partial charge < -0.3 is 14.7 Å². The number of para-hydroxylation sites is 1. The van der Waals surface area contributed by atoms with Crippen molar-refractivity contribution in [2.75, 3.05) is 19.7 Å². The normalized spacial score (nSPS) is 22.4. The topological polar surface area (TPSA) is 66.8 Å². The predicted octanol–water partition coefficient (Wildman–Crippen LogP) is 3.98. The molecule has 1 aromatic rings. The molecule has 2 aliphatic rings. The number of aliphatic carboxylic acids is 1. The second-order valence-corrected chi connectivity index (χ2v) is 7.64. The number of benzene rings is 1. The van der Waals surface area contributed by atoms with Crippen LogP contribution in [0, 0.1) is 11.8 Å². The average Bonchev–Trinajstić information content (AvgIpc) is 3.11. The average molecular weight is 371 g/mol.